The standard InChI is InChI=1S/C18H26N2O5S/c1-24-14-6-7-17(25-2)16(10-14)20(26(3,22)23)11-18(21)19-15-9-12-4-5-13(15)8-12/h6-7,10,12-13,15H,4-5,8-9,11H2,1-3H3,(H,19,21)/t12-,13+,15-/m1/s1. The minimum Gasteiger partial charge on any atom is -0.497 e. The molecule has 1 N–H and O–H groups in total. The van der Waals surface area contributed by atoms with E-state index in [0.717, 1.165) is 23.4 Å². The van der Waals surface area contributed by atoms with Gasteiger partial charge in [0.2, 0.25) is 15.9 Å². The first kappa shape index (κ1) is 18.8. The SMILES string of the molecule is COc1ccc(OC)c(N(CC(=O)N[C@@H]2C[C@@H]3CC[C@H]2C3)S(C)(=O)=O)c1. The number of carbonyl (C=O) groups is 1. The molecule has 2 aliphatic rings. The Labute approximate surface area is 154 Å². The van der Waals surface area contributed by atoms with Gasteiger partial charge in [0.05, 0.1) is 26.2 Å². The molecule has 1 aromatic rings. The molecule has 0 aromatic heterocycles. The Morgan fingerprint density at radius 1 is 1.23 bits per heavy atom. The molecule has 8 heteroatoms. The Hall–Kier alpha value is -1.96. The minimum absolute atomic E-state index is 0.162. The molecule has 2 bridgehead atoms. The molecule has 144 valence electrons. The predicted molar refractivity (Wildman–Crippen MR) is 99.1 cm³/mol. The lowest BCUT2D eigenvalue weighted by atomic mass is 9.95. The van der Waals surface area contributed by atoms with Crippen LogP contribution in [0.4, 0.5) is 5.69 Å². The number of ether oxygens (including phenoxy) is 2. The van der Waals surface area contributed by atoms with Crippen molar-refractivity contribution < 1.29 is 22.7 Å². The van der Waals surface area contributed by atoms with Crippen molar-refractivity contribution in [1.29, 1.82) is 0 Å². The van der Waals surface area contributed by atoms with Crippen LogP contribution < -0.4 is 19.1 Å². The van der Waals surface area contributed by atoms with Crippen LogP contribution in [0.3, 0.4) is 0 Å². The summed E-state index contributed by atoms with van der Waals surface area (Å²) in [6.07, 6.45) is 5.64. The summed E-state index contributed by atoms with van der Waals surface area (Å²) in [6.45, 7) is -0.282. The molecule has 0 aliphatic heterocycles. The van der Waals surface area contributed by atoms with Gasteiger partial charge in [-0.3, -0.25) is 9.10 Å². The van der Waals surface area contributed by atoms with Gasteiger partial charge in [-0.25, -0.2) is 8.42 Å². The molecule has 3 rings (SSSR count). The van der Waals surface area contributed by atoms with Crippen LogP contribution in [0.2, 0.25) is 0 Å². The van der Waals surface area contributed by atoms with Crippen molar-refractivity contribution in [3.05, 3.63) is 18.2 Å². The van der Waals surface area contributed by atoms with E-state index in [1.807, 2.05) is 0 Å². The highest BCUT2D eigenvalue weighted by Crippen LogP contribution is 2.44. The second-order valence-corrected chi connectivity index (χ2v) is 9.06. The summed E-state index contributed by atoms with van der Waals surface area (Å²) >= 11 is 0. The van der Waals surface area contributed by atoms with Gasteiger partial charge >= 0.3 is 0 Å². The highest BCUT2D eigenvalue weighted by Gasteiger charge is 2.40. The normalized spacial score (nSPS) is 24.3. The number of hydrogen-bond acceptors (Lipinski definition) is 5. The Bertz CT molecular complexity index is 780. The average molecular weight is 382 g/mol. The van der Waals surface area contributed by atoms with Gasteiger partial charge in [0.1, 0.15) is 18.0 Å². The van der Waals surface area contributed by atoms with Gasteiger partial charge in [0.15, 0.2) is 0 Å². The molecule has 0 spiro atoms. The molecule has 1 aromatic carbocycles. The number of benzene rings is 1. The van der Waals surface area contributed by atoms with Crippen molar-refractivity contribution in [2.75, 3.05) is 31.3 Å². The fourth-order valence-electron chi connectivity index (χ4n) is 4.18. The second-order valence-electron chi connectivity index (χ2n) is 7.16. The summed E-state index contributed by atoms with van der Waals surface area (Å²) in [4.78, 5) is 12.6. The number of amides is 1. The fraction of sp³-hybridized carbons (Fsp3) is 0.611. The maximum absolute atomic E-state index is 12.6. The third kappa shape index (κ3) is 3.90. The fourth-order valence-corrected chi connectivity index (χ4v) is 5.03. The first-order chi connectivity index (χ1) is 12.3. The predicted octanol–water partition coefficient (Wildman–Crippen LogP) is 1.77. The smallest absolute Gasteiger partial charge is 0.241 e. The van der Waals surface area contributed by atoms with Crippen molar-refractivity contribution in [1.82, 2.24) is 5.32 Å². The highest BCUT2D eigenvalue weighted by molar-refractivity contribution is 7.92. The van der Waals surface area contributed by atoms with Crippen molar-refractivity contribution in [3.63, 3.8) is 0 Å². The first-order valence-corrected chi connectivity index (χ1v) is 10.7. The van der Waals surface area contributed by atoms with Crippen molar-refractivity contribution in [3.8, 4) is 11.5 Å². The molecule has 0 saturated heterocycles. The Morgan fingerprint density at radius 2 is 2.00 bits per heavy atom. The molecule has 7 nitrogen and oxygen atoms in total. The van der Waals surface area contributed by atoms with E-state index in [-0.39, 0.29) is 24.2 Å². The summed E-state index contributed by atoms with van der Waals surface area (Å²) in [5.41, 5.74) is 0.289. The van der Waals surface area contributed by atoms with Gasteiger partial charge in [-0.1, -0.05) is 6.42 Å². The number of fused-ring (bicyclic) bond motifs is 2. The molecule has 1 amide bonds. The van der Waals surface area contributed by atoms with E-state index in [0.29, 0.717) is 23.3 Å². The third-order valence-corrected chi connectivity index (χ3v) is 6.55. The van der Waals surface area contributed by atoms with Crippen LogP contribution in [-0.4, -0.2) is 47.4 Å². The number of rotatable bonds is 7. The molecule has 0 unspecified atom stereocenters. The number of nitrogens with zero attached hydrogens (tertiary/aromatic N) is 1. The molecule has 26 heavy (non-hydrogen) atoms. The minimum atomic E-state index is -3.68. The van der Waals surface area contributed by atoms with Crippen LogP contribution in [0.5, 0.6) is 11.5 Å². The van der Waals surface area contributed by atoms with Gasteiger partial charge < -0.3 is 14.8 Å². The largest absolute Gasteiger partial charge is 0.497 e. The van der Waals surface area contributed by atoms with Crippen LogP contribution in [0.1, 0.15) is 25.7 Å². The summed E-state index contributed by atoms with van der Waals surface area (Å²) in [7, 11) is -0.720. The lowest BCUT2D eigenvalue weighted by Gasteiger charge is -2.27. The molecule has 0 heterocycles. The molecule has 2 aliphatic carbocycles. The van der Waals surface area contributed by atoms with Crippen LogP contribution in [-0.2, 0) is 14.8 Å². The van der Waals surface area contributed by atoms with Gasteiger partial charge in [-0.2, -0.15) is 0 Å². The van der Waals surface area contributed by atoms with E-state index >= 15 is 0 Å². The summed E-state index contributed by atoms with van der Waals surface area (Å²) in [6, 6.07) is 5.03. The van der Waals surface area contributed by atoms with Crippen LogP contribution in [0.25, 0.3) is 0 Å². The topological polar surface area (TPSA) is 84.9 Å². The van der Waals surface area contributed by atoms with E-state index in [2.05, 4.69) is 5.32 Å². The van der Waals surface area contributed by atoms with Crippen molar-refractivity contribution in [2.24, 2.45) is 11.8 Å². The van der Waals surface area contributed by atoms with E-state index in [1.54, 1.807) is 18.2 Å². The molecular weight excluding hydrogens is 356 g/mol. The van der Waals surface area contributed by atoms with E-state index in [9.17, 15) is 13.2 Å². The van der Waals surface area contributed by atoms with Gasteiger partial charge in [0, 0.05) is 12.1 Å². The molecule has 2 fully saturated rings. The summed E-state index contributed by atoms with van der Waals surface area (Å²) in [5.74, 6) is 1.79. The van der Waals surface area contributed by atoms with Gasteiger partial charge in [0.25, 0.3) is 0 Å². The Balaban J connectivity index is 1.80. The zero-order valence-corrected chi connectivity index (χ0v) is 16.2. The number of nitrogens with one attached hydrogen (secondary N) is 1. The number of hydrogen-bond donors (Lipinski definition) is 1. The monoisotopic (exact) mass is 382 g/mol. The molecular formula is C18H26N2O5S. The number of sulfonamides is 1. The number of carbonyl (C=O) groups excluding carboxylic acids is 1. The summed E-state index contributed by atoms with van der Waals surface area (Å²) in [5, 5.41) is 3.03. The van der Waals surface area contributed by atoms with E-state index in [4.69, 9.17) is 9.47 Å². The molecule has 0 radical (unpaired) electrons. The zero-order chi connectivity index (χ0) is 18.9. The highest BCUT2D eigenvalue weighted by atomic mass is 32.2. The summed E-state index contributed by atoms with van der Waals surface area (Å²) < 4.78 is 36.2. The maximum Gasteiger partial charge on any atom is 0.241 e. The molecule has 2 saturated carbocycles. The van der Waals surface area contributed by atoms with Gasteiger partial charge in [-0.05, 0) is 43.2 Å². The van der Waals surface area contributed by atoms with E-state index < -0.39 is 10.0 Å². The second kappa shape index (κ2) is 7.34. The van der Waals surface area contributed by atoms with Crippen LogP contribution in [0.15, 0.2) is 18.2 Å². The molecule has 3 atom stereocenters. The lowest BCUT2D eigenvalue weighted by molar-refractivity contribution is -0.120. The number of methoxy groups -OCH3 is 2. The van der Waals surface area contributed by atoms with Crippen molar-refractivity contribution in [2.45, 2.75) is 31.7 Å². The van der Waals surface area contributed by atoms with Crippen LogP contribution in [0, 0.1) is 11.8 Å². The first-order valence-electron chi connectivity index (χ1n) is 8.81. The number of anilines is 1. The average Bonchev–Trinajstić information content (AvgIpc) is 3.21. The van der Waals surface area contributed by atoms with Crippen LogP contribution >= 0.6 is 0 Å². The lowest BCUT2D eigenvalue weighted by Crippen LogP contribution is -2.45. The zero-order valence-electron chi connectivity index (χ0n) is 15.4. The maximum atomic E-state index is 12.6. The quantitative estimate of drug-likeness (QED) is 0.777. The Kier molecular flexibility index (Phi) is 5.32. The Morgan fingerprint density at radius 3 is 2.54 bits per heavy atom. The van der Waals surface area contributed by atoms with Gasteiger partial charge in [-0.15, -0.1) is 0 Å². The van der Waals surface area contributed by atoms with E-state index in [1.165, 1.54) is 27.1 Å². The van der Waals surface area contributed by atoms with Crippen molar-refractivity contribution >= 4 is 21.6 Å². The third-order valence-electron chi connectivity index (χ3n) is 5.43.